The zero-order valence-corrected chi connectivity index (χ0v) is 18.8. The van der Waals surface area contributed by atoms with Gasteiger partial charge in [-0.05, 0) is 96.5 Å². The van der Waals surface area contributed by atoms with Crippen molar-refractivity contribution in [2.45, 2.75) is 59.7 Å². The van der Waals surface area contributed by atoms with E-state index in [1.165, 1.54) is 0 Å². The Bertz CT molecular complexity index is 879. The van der Waals surface area contributed by atoms with Crippen molar-refractivity contribution in [3.63, 3.8) is 0 Å². The lowest BCUT2D eigenvalue weighted by molar-refractivity contribution is 0.104. The normalized spacial score (nSPS) is 12.1. The van der Waals surface area contributed by atoms with Crippen LogP contribution in [0.3, 0.4) is 0 Å². The predicted octanol–water partition coefficient (Wildman–Crippen LogP) is 6.25. The quantitative estimate of drug-likeness (QED) is 0.427. The summed E-state index contributed by atoms with van der Waals surface area (Å²) >= 11 is 0. The van der Waals surface area contributed by atoms with E-state index < -0.39 is 0 Å². The van der Waals surface area contributed by atoms with E-state index in [2.05, 4.69) is 0 Å². The lowest BCUT2D eigenvalue weighted by Crippen LogP contribution is -2.25. The highest BCUT2D eigenvalue weighted by atomic mass is 16.5. The van der Waals surface area contributed by atoms with Crippen molar-refractivity contribution in [3.05, 3.63) is 59.2 Å². The molecule has 0 bridgehead atoms. The molecule has 0 aliphatic rings. The fourth-order valence-corrected chi connectivity index (χ4v) is 2.70. The third-order valence-electron chi connectivity index (χ3n) is 3.93. The number of aryl methyl sites for hydroxylation is 1. The summed E-state index contributed by atoms with van der Waals surface area (Å²) in [7, 11) is 1.60. The van der Waals surface area contributed by atoms with E-state index in [0.29, 0.717) is 11.3 Å². The molecule has 0 unspecified atom stereocenters. The number of methoxy groups -OCH3 is 1. The Hall–Kier alpha value is -2.75. The van der Waals surface area contributed by atoms with Crippen molar-refractivity contribution < 1.29 is 19.0 Å². The minimum absolute atomic E-state index is 0.0815. The van der Waals surface area contributed by atoms with Crippen molar-refractivity contribution in [1.29, 1.82) is 0 Å². The van der Waals surface area contributed by atoms with Crippen LogP contribution in [0.2, 0.25) is 0 Å². The van der Waals surface area contributed by atoms with Crippen molar-refractivity contribution in [2.24, 2.45) is 0 Å². The maximum Gasteiger partial charge on any atom is 0.185 e. The molecule has 4 nitrogen and oxygen atoms in total. The summed E-state index contributed by atoms with van der Waals surface area (Å²) in [5.41, 5.74) is 1.73. The molecular formula is C25H32O4. The minimum Gasteiger partial charge on any atom is -0.497 e. The van der Waals surface area contributed by atoms with E-state index in [-0.39, 0.29) is 17.0 Å². The number of allylic oxidation sites excluding steroid dienone is 1. The number of carbonyl (C=O) groups excluding carboxylic acids is 1. The SMILES string of the molecule is COc1ccc(C(=O)/C=C\c2cc(C)c(OC(C)(C)C)cc2OC(C)(C)C)cc1. The molecule has 2 aromatic rings. The van der Waals surface area contributed by atoms with Crippen LogP contribution in [-0.4, -0.2) is 24.1 Å². The van der Waals surface area contributed by atoms with Crippen LogP contribution in [0.25, 0.3) is 6.08 Å². The molecule has 0 fully saturated rings. The van der Waals surface area contributed by atoms with E-state index in [4.69, 9.17) is 14.2 Å². The molecule has 29 heavy (non-hydrogen) atoms. The third-order valence-corrected chi connectivity index (χ3v) is 3.93. The monoisotopic (exact) mass is 396 g/mol. The van der Waals surface area contributed by atoms with Gasteiger partial charge >= 0.3 is 0 Å². The van der Waals surface area contributed by atoms with Crippen LogP contribution < -0.4 is 14.2 Å². The van der Waals surface area contributed by atoms with Gasteiger partial charge in [-0.25, -0.2) is 0 Å². The Kier molecular flexibility index (Phi) is 6.78. The van der Waals surface area contributed by atoms with Gasteiger partial charge in [0.05, 0.1) is 7.11 Å². The Morgan fingerprint density at radius 3 is 1.93 bits per heavy atom. The highest BCUT2D eigenvalue weighted by Gasteiger charge is 2.19. The largest absolute Gasteiger partial charge is 0.497 e. The summed E-state index contributed by atoms with van der Waals surface area (Å²) < 4.78 is 17.4. The van der Waals surface area contributed by atoms with Gasteiger partial charge in [-0.1, -0.05) is 0 Å². The molecule has 2 aromatic carbocycles. The zero-order chi connectivity index (χ0) is 21.8. The van der Waals surface area contributed by atoms with Crippen molar-refractivity contribution in [1.82, 2.24) is 0 Å². The molecule has 0 aromatic heterocycles. The van der Waals surface area contributed by atoms with Gasteiger partial charge in [-0.15, -0.1) is 0 Å². The minimum atomic E-state index is -0.378. The second-order valence-electron chi connectivity index (χ2n) is 9.01. The summed E-state index contributed by atoms with van der Waals surface area (Å²) in [5.74, 6) is 2.09. The van der Waals surface area contributed by atoms with E-state index >= 15 is 0 Å². The molecule has 0 saturated heterocycles. The number of ketones is 1. The molecule has 0 radical (unpaired) electrons. The highest BCUT2D eigenvalue weighted by molar-refractivity contribution is 6.07. The van der Waals surface area contributed by atoms with Gasteiger partial charge < -0.3 is 14.2 Å². The molecule has 0 atom stereocenters. The Morgan fingerprint density at radius 2 is 1.41 bits per heavy atom. The van der Waals surface area contributed by atoms with Gasteiger partial charge in [0.1, 0.15) is 28.5 Å². The Morgan fingerprint density at radius 1 is 0.862 bits per heavy atom. The standard InChI is InChI=1S/C25H32O4/c1-17-15-19(11-14-21(26)18-9-12-20(27-8)13-10-18)23(29-25(5,6)7)16-22(17)28-24(2,3)4/h9-16H,1-8H3/b14-11-. The maximum absolute atomic E-state index is 12.6. The molecule has 2 rings (SSSR count). The van der Waals surface area contributed by atoms with E-state index in [9.17, 15) is 4.79 Å². The lowest BCUT2D eigenvalue weighted by atomic mass is 10.0. The predicted molar refractivity (Wildman–Crippen MR) is 118 cm³/mol. The molecule has 4 heteroatoms. The van der Waals surface area contributed by atoms with Crippen molar-refractivity contribution in [3.8, 4) is 17.2 Å². The zero-order valence-electron chi connectivity index (χ0n) is 18.8. The Labute approximate surface area is 174 Å². The second kappa shape index (κ2) is 8.73. The van der Waals surface area contributed by atoms with Gasteiger partial charge in [0.15, 0.2) is 5.78 Å². The molecule has 0 spiro atoms. The topological polar surface area (TPSA) is 44.8 Å². The second-order valence-corrected chi connectivity index (χ2v) is 9.01. The van der Waals surface area contributed by atoms with Gasteiger partial charge in [0.2, 0.25) is 0 Å². The van der Waals surface area contributed by atoms with Crippen molar-refractivity contribution >= 4 is 11.9 Å². The fraction of sp³-hybridized carbons (Fsp3) is 0.400. The summed E-state index contributed by atoms with van der Waals surface area (Å²) in [5, 5.41) is 0. The highest BCUT2D eigenvalue weighted by Crippen LogP contribution is 2.34. The summed E-state index contributed by atoms with van der Waals surface area (Å²) in [6.45, 7) is 14.0. The molecule has 156 valence electrons. The average molecular weight is 397 g/mol. The summed E-state index contributed by atoms with van der Waals surface area (Å²) in [6, 6.07) is 11.0. The number of benzene rings is 2. The van der Waals surface area contributed by atoms with E-state index in [1.807, 2.05) is 60.6 Å². The summed E-state index contributed by atoms with van der Waals surface area (Å²) in [4.78, 5) is 12.6. The van der Waals surface area contributed by atoms with Crippen molar-refractivity contribution in [2.75, 3.05) is 7.11 Å². The molecule has 0 amide bonds. The van der Waals surface area contributed by atoms with Crippen LogP contribution in [0.4, 0.5) is 0 Å². The third kappa shape index (κ3) is 6.97. The smallest absolute Gasteiger partial charge is 0.185 e. The molecule has 0 saturated carbocycles. The van der Waals surface area contributed by atoms with Gasteiger partial charge in [0, 0.05) is 17.2 Å². The first-order valence-corrected chi connectivity index (χ1v) is 9.77. The number of hydrogen-bond donors (Lipinski definition) is 0. The number of carbonyl (C=O) groups is 1. The first-order valence-electron chi connectivity index (χ1n) is 9.77. The van der Waals surface area contributed by atoms with Crippen LogP contribution in [0.15, 0.2) is 42.5 Å². The number of hydrogen-bond acceptors (Lipinski definition) is 4. The van der Waals surface area contributed by atoms with Crippen LogP contribution >= 0.6 is 0 Å². The van der Waals surface area contributed by atoms with Gasteiger partial charge in [-0.3, -0.25) is 4.79 Å². The lowest BCUT2D eigenvalue weighted by Gasteiger charge is -2.26. The van der Waals surface area contributed by atoms with Crippen LogP contribution in [0.1, 0.15) is 63.0 Å². The number of rotatable bonds is 6. The van der Waals surface area contributed by atoms with E-state index in [1.54, 1.807) is 43.5 Å². The van der Waals surface area contributed by atoms with E-state index in [0.717, 1.165) is 22.6 Å². The molecular weight excluding hydrogens is 364 g/mol. The molecule has 0 aliphatic heterocycles. The molecule has 0 heterocycles. The molecule has 0 aliphatic carbocycles. The number of ether oxygens (including phenoxy) is 3. The molecule has 0 N–H and O–H groups in total. The van der Waals surface area contributed by atoms with Gasteiger partial charge in [-0.2, -0.15) is 0 Å². The van der Waals surface area contributed by atoms with Crippen LogP contribution in [-0.2, 0) is 0 Å². The van der Waals surface area contributed by atoms with Gasteiger partial charge in [0.25, 0.3) is 0 Å². The first kappa shape index (κ1) is 22.5. The fourth-order valence-electron chi connectivity index (χ4n) is 2.70. The first-order chi connectivity index (χ1) is 13.4. The maximum atomic E-state index is 12.6. The average Bonchev–Trinajstić information content (AvgIpc) is 2.60. The van der Waals surface area contributed by atoms with Crippen LogP contribution in [0.5, 0.6) is 17.2 Å². The summed E-state index contributed by atoms with van der Waals surface area (Å²) in [6.07, 6.45) is 3.36. The van der Waals surface area contributed by atoms with Crippen LogP contribution in [0, 0.1) is 6.92 Å². The Balaban J connectivity index is 2.37.